The SMILES string of the molecule is CCC(C[N+](C)(C)C)C(=O)/C=C/c1ccccc1. The zero-order chi connectivity index (χ0) is 13.6. The summed E-state index contributed by atoms with van der Waals surface area (Å²) in [6, 6.07) is 9.95. The van der Waals surface area contributed by atoms with E-state index in [0.717, 1.165) is 23.0 Å². The van der Waals surface area contributed by atoms with Crippen molar-refractivity contribution in [3.8, 4) is 0 Å². The molecule has 98 valence electrons. The van der Waals surface area contributed by atoms with Crippen molar-refractivity contribution in [3.63, 3.8) is 0 Å². The maximum Gasteiger partial charge on any atom is 0.164 e. The largest absolute Gasteiger partial charge is 0.330 e. The second-order valence-electron chi connectivity index (χ2n) is 5.72. The number of carbonyl (C=O) groups excluding carboxylic acids is 1. The molecule has 0 amide bonds. The standard InChI is InChI=1S/C16H24NO/c1-5-15(13-17(2,3)4)16(18)12-11-14-9-7-6-8-10-14/h6-12,15H,5,13H2,1-4H3/q+1/b12-11+. The van der Waals surface area contributed by atoms with E-state index in [1.165, 1.54) is 0 Å². The number of carbonyl (C=O) groups is 1. The minimum atomic E-state index is 0.116. The molecule has 0 N–H and O–H groups in total. The summed E-state index contributed by atoms with van der Waals surface area (Å²) >= 11 is 0. The van der Waals surface area contributed by atoms with Gasteiger partial charge in [0.15, 0.2) is 5.78 Å². The third kappa shape index (κ3) is 5.28. The van der Waals surface area contributed by atoms with Gasteiger partial charge in [-0.25, -0.2) is 0 Å². The lowest BCUT2D eigenvalue weighted by Crippen LogP contribution is -2.41. The fourth-order valence-corrected chi connectivity index (χ4v) is 1.96. The maximum atomic E-state index is 12.1. The van der Waals surface area contributed by atoms with Crippen LogP contribution in [0.25, 0.3) is 6.08 Å². The van der Waals surface area contributed by atoms with Crippen molar-refractivity contribution >= 4 is 11.9 Å². The van der Waals surface area contributed by atoms with Crippen LogP contribution in [0.5, 0.6) is 0 Å². The van der Waals surface area contributed by atoms with Gasteiger partial charge in [0.1, 0.15) is 0 Å². The molecular weight excluding hydrogens is 222 g/mol. The van der Waals surface area contributed by atoms with Crippen molar-refractivity contribution in [1.29, 1.82) is 0 Å². The highest BCUT2D eigenvalue weighted by Crippen LogP contribution is 2.11. The fourth-order valence-electron chi connectivity index (χ4n) is 1.96. The first-order valence-corrected chi connectivity index (χ1v) is 6.50. The van der Waals surface area contributed by atoms with E-state index in [1.807, 2.05) is 36.4 Å². The fraction of sp³-hybridized carbons (Fsp3) is 0.438. The number of hydrogen-bond donors (Lipinski definition) is 0. The van der Waals surface area contributed by atoms with Crippen molar-refractivity contribution in [2.24, 2.45) is 5.92 Å². The zero-order valence-corrected chi connectivity index (χ0v) is 11.9. The highest BCUT2D eigenvalue weighted by Gasteiger charge is 2.21. The molecule has 0 aliphatic heterocycles. The van der Waals surface area contributed by atoms with E-state index in [1.54, 1.807) is 6.08 Å². The molecule has 0 bridgehead atoms. The molecule has 0 aliphatic rings. The van der Waals surface area contributed by atoms with E-state index in [4.69, 9.17) is 0 Å². The van der Waals surface area contributed by atoms with Gasteiger partial charge in [0.25, 0.3) is 0 Å². The van der Waals surface area contributed by atoms with Gasteiger partial charge in [0.05, 0.1) is 33.6 Å². The van der Waals surface area contributed by atoms with E-state index >= 15 is 0 Å². The Balaban J connectivity index is 2.66. The number of benzene rings is 1. The van der Waals surface area contributed by atoms with Gasteiger partial charge in [-0.15, -0.1) is 0 Å². The summed E-state index contributed by atoms with van der Waals surface area (Å²) in [4.78, 5) is 12.1. The van der Waals surface area contributed by atoms with Crippen molar-refractivity contribution in [1.82, 2.24) is 0 Å². The second kappa shape index (κ2) is 6.50. The molecule has 0 heterocycles. The Morgan fingerprint density at radius 1 is 1.22 bits per heavy atom. The number of allylic oxidation sites excluding steroid dienone is 1. The molecule has 2 heteroatoms. The number of rotatable bonds is 6. The number of hydrogen-bond acceptors (Lipinski definition) is 1. The smallest absolute Gasteiger partial charge is 0.164 e. The Hall–Kier alpha value is -1.41. The quantitative estimate of drug-likeness (QED) is 0.557. The summed E-state index contributed by atoms with van der Waals surface area (Å²) in [6.07, 6.45) is 4.52. The van der Waals surface area contributed by atoms with Crippen molar-refractivity contribution in [2.75, 3.05) is 27.7 Å². The second-order valence-corrected chi connectivity index (χ2v) is 5.72. The van der Waals surface area contributed by atoms with Crippen molar-refractivity contribution in [3.05, 3.63) is 42.0 Å². The third-order valence-electron chi connectivity index (χ3n) is 2.90. The molecule has 0 saturated heterocycles. The van der Waals surface area contributed by atoms with E-state index in [2.05, 4.69) is 28.1 Å². The summed E-state index contributed by atoms with van der Waals surface area (Å²) < 4.78 is 0.823. The van der Waals surface area contributed by atoms with E-state index in [-0.39, 0.29) is 11.7 Å². The lowest BCUT2D eigenvalue weighted by Gasteiger charge is -2.27. The summed E-state index contributed by atoms with van der Waals surface area (Å²) in [7, 11) is 6.37. The molecule has 1 unspecified atom stereocenters. The molecule has 0 fully saturated rings. The molecule has 1 aromatic carbocycles. The van der Waals surface area contributed by atoms with Gasteiger partial charge >= 0.3 is 0 Å². The van der Waals surface area contributed by atoms with Gasteiger partial charge in [-0.2, -0.15) is 0 Å². The third-order valence-corrected chi connectivity index (χ3v) is 2.90. The average molecular weight is 246 g/mol. The Morgan fingerprint density at radius 2 is 1.83 bits per heavy atom. The van der Waals surface area contributed by atoms with Crippen LogP contribution < -0.4 is 0 Å². The van der Waals surface area contributed by atoms with Crippen LogP contribution in [-0.2, 0) is 4.79 Å². The first-order chi connectivity index (χ1) is 8.42. The molecule has 0 spiro atoms. The van der Waals surface area contributed by atoms with Crippen LogP contribution in [0.15, 0.2) is 36.4 Å². The molecule has 0 radical (unpaired) electrons. The lowest BCUT2D eigenvalue weighted by molar-refractivity contribution is -0.872. The lowest BCUT2D eigenvalue weighted by atomic mass is 9.99. The van der Waals surface area contributed by atoms with Crippen molar-refractivity contribution < 1.29 is 9.28 Å². The summed E-state index contributed by atoms with van der Waals surface area (Å²) in [5, 5.41) is 0. The molecule has 0 aliphatic carbocycles. The zero-order valence-electron chi connectivity index (χ0n) is 11.9. The van der Waals surface area contributed by atoms with Gasteiger partial charge in [-0.3, -0.25) is 4.79 Å². The Morgan fingerprint density at radius 3 is 2.33 bits per heavy atom. The van der Waals surface area contributed by atoms with Crippen LogP contribution in [0.2, 0.25) is 0 Å². The predicted octanol–water partition coefficient (Wildman–Crippen LogP) is 3.00. The monoisotopic (exact) mass is 246 g/mol. The van der Waals surface area contributed by atoms with Gasteiger partial charge < -0.3 is 4.48 Å². The van der Waals surface area contributed by atoms with Crippen LogP contribution in [0.3, 0.4) is 0 Å². The van der Waals surface area contributed by atoms with Crippen LogP contribution >= 0.6 is 0 Å². The van der Waals surface area contributed by atoms with Crippen LogP contribution in [-0.4, -0.2) is 38.0 Å². The first kappa shape index (κ1) is 14.7. The van der Waals surface area contributed by atoms with E-state index in [9.17, 15) is 4.79 Å². The van der Waals surface area contributed by atoms with Gasteiger partial charge in [-0.05, 0) is 18.1 Å². The Bertz CT molecular complexity index is 401. The highest BCUT2D eigenvalue weighted by molar-refractivity contribution is 5.95. The summed E-state index contributed by atoms with van der Waals surface area (Å²) in [6.45, 7) is 2.96. The molecule has 2 nitrogen and oxygen atoms in total. The van der Waals surface area contributed by atoms with Gasteiger partial charge in [0, 0.05) is 0 Å². The van der Waals surface area contributed by atoms with Crippen LogP contribution in [0, 0.1) is 5.92 Å². The summed E-state index contributed by atoms with van der Waals surface area (Å²) in [5.41, 5.74) is 1.07. The van der Waals surface area contributed by atoms with Crippen molar-refractivity contribution in [2.45, 2.75) is 13.3 Å². The van der Waals surface area contributed by atoms with E-state index in [0.29, 0.717) is 0 Å². The Kier molecular flexibility index (Phi) is 5.29. The van der Waals surface area contributed by atoms with Gasteiger partial charge in [-0.1, -0.05) is 43.3 Å². The molecule has 18 heavy (non-hydrogen) atoms. The topological polar surface area (TPSA) is 17.1 Å². The number of nitrogens with zero attached hydrogens (tertiary/aromatic N) is 1. The number of ketones is 1. The molecule has 0 aromatic heterocycles. The normalized spacial score (nSPS) is 13.8. The molecule has 0 saturated carbocycles. The Labute approximate surface area is 111 Å². The molecular formula is C16H24NO+. The average Bonchev–Trinajstić information content (AvgIpc) is 2.33. The molecule has 1 rings (SSSR count). The predicted molar refractivity (Wildman–Crippen MR) is 77.2 cm³/mol. The molecule has 1 atom stereocenters. The molecule has 1 aromatic rings. The number of quaternary nitrogens is 1. The minimum Gasteiger partial charge on any atom is -0.330 e. The van der Waals surface area contributed by atoms with E-state index < -0.39 is 0 Å². The van der Waals surface area contributed by atoms with Crippen LogP contribution in [0.1, 0.15) is 18.9 Å². The first-order valence-electron chi connectivity index (χ1n) is 6.50. The van der Waals surface area contributed by atoms with Crippen LogP contribution in [0.4, 0.5) is 0 Å². The maximum absolute atomic E-state index is 12.1. The highest BCUT2D eigenvalue weighted by atomic mass is 16.1. The summed E-state index contributed by atoms with van der Waals surface area (Å²) in [5.74, 6) is 0.347. The minimum absolute atomic E-state index is 0.116. The van der Waals surface area contributed by atoms with Gasteiger partial charge in [0.2, 0.25) is 0 Å².